The van der Waals surface area contributed by atoms with Gasteiger partial charge in [0.05, 0.1) is 6.04 Å². The Hall–Kier alpha value is -2.10. The second-order valence-electron chi connectivity index (χ2n) is 7.03. The van der Waals surface area contributed by atoms with E-state index in [1.807, 2.05) is 30.3 Å². The summed E-state index contributed by atoms with van der Waals surface area (Å²) in [6.07, 6.45) is 1.93. The van der Waals surface area contributed by atoms with E-state index >= 15 is 0 Å². The summed E-state index contributed by atoms with van der Waals surface area (Å²) in [4.78, 5) is 37.7. The number of likely N-dealkylation sites (tertiary alicyclic amines) is 1. The monoisotopic (exact) mass is 423 g/mol. The maximum atomic E-state index is 13.0. The quantitative estimate of drug-likeness (QED) is 0.363. The van der Waals surface area contributed by atoms with Gasteiger partial charge in [-0.25, -0.2) is 4.79 Å². The molecular weight excluding hydrogens is 394 g/mol. The zero-order valence-electron chi connectivity index (χ0n) is 16.3. The summed E-state index contributed by atoms with van der Waals surface area (Å²) >= 11 is 1.45. The molecule has 5 N–H and O–H groups in total. The number of carbonyl (C=O) groups excluding carboxylic acids is 1. The van der Waals surface area contributed by atoms with E-state index in [2.05, 4.69) is 5.32 Å². The van der Waals surface area contributed by atoms with Crippen molar-refractivity contribution in [2.75, 3.05) is 24.6 Å². The summed E-state index contributed by atoms with van der Waals surface area (Å²) in [5.74, 6) is -1.43. The van der Waals surface area contributed by atoms with Crippen molar-refractivity contribution in [1.29, 1.82) is 0 Å². The number of aliphatic carboxylic acids is 2. The molecule has 160 valence electrons. The van der Waals surface area contributed by atoms with Gasteiger partial charge in [-0.05, 0) is 31.2 Å². The zero-order chi connectivity index (χ0) is 21.2. The number of nitrogens with one attached hydrogen (secondary N) is 1. The predicted octanol–water partition coefficient (Wildman–Crippen LogP) is 0.798. The number of thioether (sulfide) groups is 1. The first-order chi connectivity index (χ1) is 13.9. The highest BCUT2D eigenvalue weighted by Crippen LogP contribution is 2.20. The van der Waals surface area contributed by atoms with Gasteiger partial charge in [-0.3, -0.25) is 14.9 Å². The summed E-state index contributed by atoms with van der Waals surface area (Å²) in [7, 11) is 0. The highest BCUT2D eigenvalue weighted by atomic mass is 32.2. The van der Waals surface area contributed by atoms with E-state index in [0.29, 0.717) is 50.3 Å². The standard InChI is InChI=1S/C20H29N3O5S/c21-10-12-29-13-16(18(24)23-11-4-7-17(23)20(27)28)22-15(19(25)26)9-8-14-5-2-1-3-6-14/h1-3,5-6,15-17,22H,4,7-13,21H2,(H,25,26)(H,27,28)/t15?,16-,17-/m0/s1. The van der Waals surface area contributed by atoms with Gasteiger partial charge in [0, 0.05) is 24.6 Å². The smallest absolute Gasteiger partial charge is 0.326 e. The predicted molar refractivity (Wildman–Crippen MR) is 112 cm³/mol. The Morgan fingerprint density at radius 3 is 2.55 bits per heavy atom. The van der Waals surface area contributed by atoms with Gasteiger partial charge in [0.1, 0.15) is 12.1 Å². The molecule has 1 amide bonds. The Bertz CT molecular complexity index is 688. The molecule has 0 bridgehead atoms. The van der Waals surface area contributed by atoms with Crippen LogP contribution in [0.1, 0.15) is 24.8 Å². The largest absolute Gasteiger partial charge is 0.480 e. The molecule has 0 saturated carbocycles. The van der Waals surface area contributed by atoms with E-state index in [1.54, 1.807) is 0 Å². The fourth-order valence-electron chi connectivity index (χ4n) is 3.44. The molecular formula is C20H29N3O5S. The van der Waals surface area contributed by atoms with Crippen LogP contribution in [0.4, 0.5) is 0 Å². The zero-order valence-corrected chi connectivity index (χ0v) is 17.1. The highest BCUT2D eigenvalue weighted by Gasteiger charge is 2.38. The summed E-state index contributed by atoms with van der Waals surface area (Å²) < 4.78 is 0. The third-order valence-electron chi connectivity index (χ3n) is 4.93. The van der Waals surface area contributed by atoms with Crippen LogP contribution in [0.15, 0.2) is 30.3 Å². The van der Waals surface area contributed by atoms with E-state index in [9.17, 15) is 24.6 Å². The fraction of sp³-hybridized carbons (Fsp3) is 0.550. The summed E-state index contributed by atoms with van der Waals surface area (Å²) in [5.41, 5.74) is 6.55. The lowest BCUT2D eigenvalue weighted by atomic mass is 10.0. The summed E-state index contributed by atoms with van der Waals surface area (Å²) in [5, 5.41) is 22.0. The molecule has 0 spiro atoms. The number of hydrogen-bond acceptors (Lipinski definition) is 6. The maximum absolute atomic E-state index is 13.0. The Morgan fingerprint density at radius 1 is 1.21 bits per heavy atom. The van der Waals surface area contributed by atoms with Crippen LogP contribution in [0, 0.1) is 0 Å². The topological polar surface area (TPSA) is 133 Å². The van der Waals surface area contributed by atoms with Crippen LogP contribution in [0.5, 0.6) is 0 Å². The van der Waals surface area contributed by atoms with E-state index in [4.69, 9.17) is 5.73 Å². The molecule has 1 saturated heterocycles. The van der Waals surface area contributed by atoms with Crippen molar-refractivity contribution >= 4 is 29.6 Å². The maximum Gasteiger partial charge on any atom is 0.326 e. The lowest BCUT2D eigenvalue weighted by Crippen LogP contribution is -2.55. The lowest BCUT2D eigenvalue weighted by molar-refractivity contribution is -0.149. The molecule has 1 aromatic rings. The van der Waals surface area contributed by atoms with Crippen molar-refractivity contribution in [3.63, 3.8) is 0 Å². The normalized spacial score (nSPS) is 18.4. The van der Waals surface area contributed by atoms with Gasteiger partial charge in [0.15, 0.2) is 0 Å². The number of nitrogens with zero attached hydrogens (tertiary/aromatic N) is 1. The number of nitrogens with two attached hydrogens (primary N) is 1. The van der Waals surface area contributed by atoms with Crippen LogP contribution in [-0.4, -0.2) is 75.7 Å². The van der Waals surface area contributed by atoms with Crippen molar-refractivity contribution < 1.29 is 24.6 Å². The van der Waals surface area contributed by atoms with E-state index < -0.39 is 30.1 Å². The van der Waals surface area contributed by atoms with Crippen LogP contribution in [0.25, 0.3) is 0 Å². The third-order valence-corrected chi connectivity index (χ3v) is 6.02. The number of rotatable bonds is 12. The molecule has 1 unspecified atom stereocenters. The van der Waals surface area contributed by atoms with Gasteiger partial charge >= 0.3 is 11.9 Å². The molecule has 8 nitrogen and oxygen atoms in total. The van der Waals surface area contributed by atoms with Crippen LogP contribution in [0.3, 0.4) is 0 Å². The van der Waals surface area contributed by atoms with Crippen molar-refractivity contribution in [3.8, 4) is 0 Å². The van der Waals surface area contributed by atoms with Gasteiger partial charge < -0.3 is 20.8 Å². The number of carbonyl (C=O) groups is 3. The number of amides is 1. The molecule has 2 rings (SSSR count). The average Bonchev–Trinajstić information content (AvgIpc) is 3.20. The molecule has 0 aliphatic carbocycles. The minimum Gasteiger partial charge on any atom is -0.480 e. The molecule has 1 heterocycles. The Morgan fingerprint density at radius 2 is 1.93 bits per heavy atom. The van der Waals surface area contributed by atoms with Gasteiger partial charge in [-0.15, -0.1) is 0 Å². The number of aryl methyl sites for hydroxylation is 1. The third kappa shape index (κ3) is 7.02. The second-order valence-corrected chi connectivity index (χ2v) is 8.18. The van der Waals surface area contributed by atoms with Crippen LogP contribution < -0.4 is 11.1 Å². The number of hydrogen-bond donors (Lipinski definition) is 4. The molecule has 1 aliphatic rings. The Labute approximate surface area is 174 Å². The molecule has 1 aromatic carbocycles. The molecule has 1 fully saturated rings. The lowest BCUT2D eigenvalue weighted by Gasteiger charge is -2.29. The Kier molecular flexibility index (Phi) is 9.43. The van der Waals surface area contributed by atoms with E-state index in [0.717, 1.165) is 5.56 Å². The van der Waals surface area contributed by atoms with E-state index in [-0.39, 0.29) is 5.91 Å². The highest BCUT2D eigenvalue weighted by molar-refractivity contribution is 7.99. The molecule has 1 aliphatic heterocycles. The molecule has 29 heavy (non-hydrogen) atoms. The number of carboxylic acid groups (broad SMARTS) is 2. The number of carboxylic acids is 2. The summed E-state index contributed by atoms with van der Waals surface area (Å²) in [6.45, 7) is 0.820. The molecule has 0 aromatic heterocycles. The van der Waals surface area contributed by atoms with Crippen molar-refractivity contribution in [2.45, 2.75) is 43.8 Å². The average molecular weight is 424 g/mol. The van der Waals surface area contributed by atoms with Gasteiger partial charge in [-0.2, -0.15) is 11.8 Å². The van der Waals surface area contributed by atoms with Crippen LogP contribution in [-0.2, 0) is 20.8 Å². The first-order valence-electron chi connectivity index (χ1n) is 9.78. The molecule has 3 atom stereocenters. The first kappa shape index (κ1) is 23.2. The Balaban J connectivity index is 2.08. The fourth-order valence-corrected chi connectivity index (χ4v) is 4.25. The van der Waals surface area contributed by atoms with Crippen molar-refractivity contribution in [1.82, 2.24) is 10.2 Å². The molecule has 0 radical (unpaired) electrons. The van der Waals surface area contributed by atoms with Gasteiger partial charge in [-0.1, -0.05) is 30.3 Å². The minimum atomic E-state index is -1.03. The number of benzene rings is 1. The van der Waals surface area contributed by atoms with Gasteiger partial charge in [0.2, 0.25) is 5.91 Å². The first-order valence-corrected chi connectivity index (χ1v) is 10.9. The minimum absolute atomic E-state index is 0.326. The SMILES string of the molecule is NCCSC[C@H](NC(CCc1ccccc1)C(=O)O)C(=O)N1CCC[C@H]1C(=O)O. The molecule has 9 heteroatoms. The van der Waals surface area contributed by atoms with Crippen LogP contribution >= 0.6 is 11.8 Å². The van der Waals surface area contributed by atoms with Crippen LogP contribution in [0.2, 0.25) is 0 Å². The second kappa shape index (κ2) is 11.8. The van der Waals surface area contributed by atoms with E-state index in [1.165, 1.54) is 16.7 Å². The summed E-state index contributed by atoms with van der Waals surface area (Å²) in [6, 6.07) is 7.02. The van der Waals surface area contributed by atoms with Crippen molar-refractivity contribution in [3.05, 3.63) is 35.9 Å². The van der Waals surface area contributed by atoms with Crippen molar-refractivity contribution in [2.24, 2.45) is 5.73 Å². The van der Waals surface area contributed by atoms with Gasteiger partial charge in [0.25, 0.3) is 0 Å².